The summed E-state index contributed by atoms with van der Waals surface area (Å²) < 4.78 is 18.9. The van der Waals surface area contributed by atoms with Gasteiger partial charge in [-0.05, 0) is 36.8 Å². The number of anilines is 2. The number of carbonyl (C=O) groups is 1. The first-order valence-electron chi connectivity index (χ1n) is 8.69. The summed E-state index contributed by atoms with van der Waals surface area (Å²) in [7, 11) is 3.76. The van der Waals surface area contributed by atoms with Gasteiger partial charge in [0.1, 0.15) is 5.82 Å². The molecule has 146 valence electrons. The molecule has 0 bridgehead atoms. The number of nitrogens with one attached hydrogen (secondary N) is 1. The third-order valence-electron chi connectivity index (χ3n) is 4.18. The summed E-state index contributed by atoms with van der Waals surface area (Å²) in [6.45, 7) is 1.68. The Morgan fingerprint density at radius 2 is 2.04 bits per heavy atom. The van der Waals surface area contributed by atoms with Crippen molar-refractivity contribution < 1.29 is 13.7 Å². The van der Waals surface area contributed by atoms with Crippen LogP contribution in [0.3, 0.4) is 0 Å². The second-order valence-electron chi connectivity index (χ2n) is 6.58. The van der Waals surface area contributed by atoms with Gasteiger partial charge < -0.3 is 14.7 Å². The molecule has 0 fully saturated rings. The zero-order valence-electron chi connectivity index (χ0n) is 15.8. The highest BCUT2D eigenvalue weighted by Crippen LogP contribution is 2.28. The molecule has 0 aliphatic carbocycles. The van der Waals surface area contributed by atoms with Crippen LogP contribution in [0.4, 0.5) is 15.8 Å². The molecule has 2 aromatic carbocycles. The van der Waals surface area contributed by atoms with Crippen molar-refractivity contribution in [2.75, 3.05) is 24.3 Å². The Bertz CT molecular complexity index is 1000. The lowest BCUT2D eigenvalue weighted by Crippen LogP contribution is -2.17. The lowest BCUT2D eigenvalue weighted by Gasteiger charge is -2.18. The maximum Gasteiger partial charge on any atom is 0.227 e. The standard InChI is InChI=1S/C20H20ClFN4O2/c1-12-4-5-13(10-15(12)22)20-24-19(28-25-20)9-8-18(27)23-16-11-14(21)6-7-17(16)26(2)3/h4-7,10-11H,8-9H2,1-3H3,(H,23,27). The van der Waals surface area contributed by atoms with Crippen molar-refractivity contribution in [2.45, 2.75) is 19.8 Å². The fraction of sp³-hybridized carbons (Fsp3) is 0.250. The quantitative estimate of drug-likeness (QED) is 0.658. The number of benzene rings is 2. The minimum atomic E-state index is -0.332. The van der Waals surface area contributed by atoms with Crippen LogP contribution in [0.2, 0.25) is 5.02 Å². The Kier molecular flexibility index (Phi) is 5.94. The van der Waals surface area contributed by atoms with E-state index < -0.39 is 0 Å². The molecule has 3 rings (SSSR count). The molecular weight excluding hydrogens is 383 g/mol. The van der Waals surface area contributed by atoms with Crippen LogP contribution in [0, 0.1) is 12.7 Å². The smallest absolute Gasteiger partial charge is 0.227 e. The summed E-state index contributed by atoms with van der Waals surface area (Å²) in [4.78, 5) is 18.4. The van der Waals surface area contributed by atoms with Crippen LogP contribution in [0.15, 0.2) is 40.9 Å². The van der Waals surface area contributed by atoms with Crippen LogP contribution in [-0.4, -0.2) is 30.1 Å². The Labute approximate surface area is 167 Å². The Balaban J connectivity index is 1.64. The summed E-state index contributed by atoms with van der Waals surface area (Å²) in [5, 5.41) is 7.25. The van der Waals surface area contributed by atoms with Gasteiger partial charge in [-0.2, -0.15) is 4.98 Å². The molecule has 1 amide bonds. The van der Waals surface area contributed by atoms with Gasteiger partial charge in [-0.15, -0.1) is 0 Å². The van der Waals surface area contributed by atoms with Crippen molar-refractivity contribution in [2.24, 2.45) is 0 Å². The summed E-state index contributed by atoms with van der Waals surface area (Å²) in [6.07, 6.45) is 0.425. The summed E-state index contributed by atoms with van der Waals surface area (Å²) in [6, 6.07) is 10.0. The van der Waals surface area contributed by atoms with E-state index in [0.717, 1.165) is 5.69 Å². The number of carbonyl (C=O) groups excluding carboxylic acids is 1. The van der Waals surface area contributed by atoms with Crippen LogP contribution in [0.5, 0.6) is 0 Å². The average Bonchev–Trinajstić information content (AvgIpc) is 3.11. The highest BCUT2D eigenvalue weighted by molar-refractivity contribution is 6.31. The minimum Gasteiger partial charge on any atom is -0.376 e. The number of aromatic nitrogens is 2. The van der Waals surface area contributed by atoms with E-state index in [2.05, 4.69) is 15.5 Å². The predicted molar refractivity (Wildman–Crippen MR) is 107 cm³/mol. The highest BCUT2D eigenvalue weighted by atomic mass is 35.5. The van der Waals surface area contributed by atoms with Crippen LogP contribution in [0.1, 0.15) is 17.9 Å². The Hall–Kier alpha value is -2.93. The van der Waals surface area contributed by atoms with Crippen molar-refractivity contribution in [1.82, 2.24) is 10.1 Å². The average molecular weight is 403 g/mol. The van der Waals surface area contributed by atoms with Crippen LogP contribution in [0.25, 0.3) is 11.4 Å². The van der Waals surface area contributed by atoms with E-state index in [4.69, 9.17) is 16.1 Å². The largest absolute Gasteiger partial charge is 0.376 e. The first-order chi connectivity index (χ1) is 13.3. The third kappa shape index (κ3) is 4.67. The number of nitrogens with zero attached hydrogens (tertiary/aromatic N) is 3. The summed E-state index contributed by atoms with van der Waals surface area (Å²) in [5.41, 5.74) is 2.54. The van der Waals surface area contributed by atoms with E-state index in [1.54, 1.807) is 31.2 Å². The number of hydrogen-bond acceptors (Lipinski definition) is 5. The first kappa shape index (κ1) is 19.8. The molecule has 0 radical (unpaired) electrons. The molecular formula is C20H20ClFN4O2. The Morgan fingerprint density at radius 3 is 2.75 bits per heavy atom. The second kappa shape index (κ2) is 8.39. The lowest BCUT2D eigenvalue weighted by molar-refractivity contribution is -0.116. The molecule has 28 heavy (non-hydrogen) atoms. The fourth-order valence-corrected chi connectivity index (χ4v) is 2.81. The molecule has 0 saturated heterocycles. The van der Waals surface area contributed by atoms with E-state index in [1.165, 1.54) is 6.07 Å². The zero-order chi connectivity index (χ0) is 20.3. The van der Waals surface area contributed by atoms with Gasteiger partial charge in [-0.3, -0.25) is 4.79 Å². The molecule has 1 heterocycles. The number of rotatable bonds is 6. The predicted octanol–water partition coefficient (Wildman–Crippen LogP) is 4.47. The lowest BCUT2D eigenvalue weighted by atomic mass is 10.1. The van der Waals surface area contributed by atoms with E-state index >= 15 is 0 Å². The van der Waals surface area contributed by atoms with Crippen LogP contribution >= 0.6 is 11.6 Å². The number of hydrogen-bond donors (Lipinski definition) is 1. The van der Waals surface area contributed by atoms with Crippen LogP contribution < -0.4 is 10.2 Å². The molecule has 0 aliphatic heterocycles. The Morgan fingerprint density at radius 1 is 1.25 bits per heavy atom. The van der Waals surface area contributed by atoms with Crippen molar-refractivity contribution in [3.63, 3.8) is 0 Å². The van der Waals surface area contributed by atoms with Gasteiger partial charge in [0.2, 0.25) is 17.6 Å². The molecule has 1 aromatic heterocycles. The molecule has 0 atom stereocenters. The summed E-state index contributed by atoms with van der Waals surface area (Å²) >= 11 is 6.03. The van der Waals surface area contributed by atoms with Crippen molar-refractivity contribution in [3.05, 3.63) is 58.7 Å². The van der Waals surface area contributed by atoms with Crippen molar-refractivity contribution in [1.29, 1.82) is 0 Å². The normalized spacial score (nSPS) is 10.8. The van der Waals surface area contributed by atoms with Crippen molar-refractivity contribution >= 4 is 28.9 Å². The number of aryl methyl sites for hydroxylation is 2. The van der Waals surface area contributed by atoms with E-state index in [1.807, 2.05) is 25.1 Å². The monoisotopic (exact) mass is 402 g/mol. The maximum atomic E-state index is 13.7. The number of halogens is 2. The molecule has 0 aliphatic rings. The zero-order valence-corrected chi connectivity index (χ0v) is 16.5. The van der Waals surface area contributed by atoms with Gasteiger partial charge in [0, 0.05) is 37.5 Å². The van der Waals surface area contributed by atoms with Gasteiger partial charge in [-0.1, -0.05) is 28.9 Å². The molecule has 0 saturated carbocycles. The fourth-order valence-electron chi connectivity index (χ4n) is 2.64. The topological polar surface area (TPSA) is 71.3 Å². The SMILES string of the molecule is Cc1ccc(-c2noc(CCC(=O)Nc3cc(Cl)ccc3N(C)C)n2)cc1F. The van der Waals surface area contributed by atoms with Gasteiger partial charge in [0.15, 0.2) is 0 Å². The van der Waals surface area contributed by atoms with Crippen molar-refractivity contribution in [3.8, 4) is 11.4 Å². The van der Waals surface area contributed by atoms with Gasteiger partial charge in [0.05, 0.1) is 11.4 Å². The van der Waals surface area contributed by atoms with E-state index in [0.29, 0.717) is 33.6 Å². The van der Waals surface area contributed by atoms with Gasteiger partial charge >= 0.3 is 0 Å². The highest BCUT2D eigenvalue weighted by Gasteiger charge is 2.14. The molecule has 1 N–H and O–H groups in total. The number of amides is 1. The molecule has 3 aromatic rings. The maximum absolute atomic E-state index is 13.7. The first-order valence-corrected chi connectivity index (χ1v) is 9.07. The molecule has 0 unspecified atom stereocenters. The molecule has 0 spiro atoms. The molecule has 6 nitrogen and oxygen atoms in total. The van der Waals surface area contributed by atoms with Crippen LogP contribution in [-0.2, 0) is 11.2 Å². The second-order valence-corrected chi connectivity index (χ2v) is 7.02. The van der Waals surface area contributed by atoms with E-state index in [-0.39, 0.29) is 24.6 Å². The van der Waals surface area contributed by atoms with E-state index in [9.17, 15) is 9.18 Å². The summed E-state index contributed by atoms with van der Waals surface area (Å²) in [5.74, 6) is 0.0667. The third-order valence-corrected chi connectivity index (χ3v) is 4.41. The van der Waals surface area contributed by atoms with Gasteiger partial charge in [-0.25, -0.2) is 4.39 Å². The minimum absolute atomic E-state index is 0.156. The molecule has 8 heteroatoms. The van der Waals surface area contributed by atoms with Gasteiger partial charge in [0.25, 0.3) is 0 Å².